The van der Waals surface area contributed by atoms with Crippen molar-refractivity contribution >= 4 is 11.9 Å². The summed E-state index contributed by atoms with van der Waals surface area (Å²) in [6.07, 6.45) is 0. The zero-order valence-corrected chi connectivity index (χ0v) is 8.87. The van der Waals surface area contributed by atoms with E-state index in [1.807, 2.05) is 0 Å². The summed E-state index contributed by atoms with van der Waals surface area (Å²) < 4.78 is 0. The van der Waals surface area contributed by atoms with E-state index < -0.39 is 11.9 Å². The molecular formula is C9H15N3O2. The van der Waals surface area contributed by atoms with E-state index in [1.54, 1.807) is 27.7 Å². The summed E-state index contributed by atoms with van der Waals surface area (Å²) in [4.78, 5) is 23.4. The second-order valence-electron chi connectivity index (χ2n) is 3.48. The van der Waals surface area contributed by atoms with E-state index in [4.69, 9.17) is 5.26 Å². The predicted molar refractivity (Wildman–Crippen MR) is 51.3 cm³/mol. The molecule has 5 heteroatoms. The van der Waals surface area contributed by atoms with Gasteiger partial charge in [-0.15, -0.1) is 0 Å². The maximum absolute atomic E-state index is 11.4. The first-order chi connectivity index (χ1) is 6.40. The lowest BCUT2D eigenvalue weighted by Crippen LogP contribution is -2.48. The summed E-state index contributed by atoms with van der Waals surface area (Å²) in [6.45, 7) is 6.92. The molecule has 0 aromatic rings. The smallest absolute Gasteiger partial charge is 0.333 e. The Bertz CT molecular complexity index is 266. The zero-order valence-electron chi connectivity index (χ0n) is 8.87. The highest BCUT2D eigenvalue weighted by Gasteiger charge is 2.24. The van der Waals surface area contributed by atoms with Crippen molar-refractivity contribution in [1.82, 2.24) is 10.2 Å². The van der Waals surface area contributed by atoms with Crippen molar-refractivity contribution in [3.63, 3.8) is 0 Å². The highest BCUT2D eigenvalue weighted by Crippen LogP contribution is 1.99. The maximum Gasteiger partial charge on any atom is 0.333 e. The fraction of sp³-hybridized carbons (Fsp3) is 0.667. The number of urea groups is 1. The fourth-order valence-corrected chi connectivity index (χ4v) is 0.932. The number of carbonyl (C=O) groups is 2. The van der Waals surface area contributed by atoms with Crippen LogP contribution in [-0.2, 0) is 4.79 Å². The van der Waals surface area contributed by atoms with Crippen LogP contribution in [0, 0.1) is 11.3 Å². The summed E-state index contributed by atoms with van der Waals surface area (Å²) in [5.41, 5.74) is 0. The molecule has 14 heavy (non-hydrogen) atoms. The molecular weight excluding hydrogens is 182 g/mol. The molecule has 0 atom stereocenters. The van der Waals surface area contributed by atoms with Crippen molar-refractivity contribution in [2.24, 2.45) is 0 Å². The first-order valence-electron chi connectivity index (χ1n) is 4.44. The molecule has 0 saturated heterocycles. The Labute approximate surface area is 83.7 Å². The minimum atomic E-state index is -0.835. The number of carbonyl (C=O) groups excluding carboxylic acids is 2. The van der Waals surface area contributed by atoms with Crippen molar-refractivity contribution in [2.45, 2.75) is 39.8 Å². The minimum absolute atomic E-state index is 0.0600. The summed E-state index contributed by atoms with van der Waals surface area (Å²) in [7, 11) is 0. The molecule has 78 valence electrons. The summed E-state index contributed by atoms with van der Waals surface area (Å²) in [5.74, 6) is -0.835. The van der Waals surface area contributed by atoms with Gasteiger partial charge in [0.1, 0.15) is 0 Å². The number of hydrogen-bond acceptors (Lipinski definition) is 3. The molecule has 1 N–H and O–H groups in total. The molecule has 3 amide bonds. The Kier molecular flexibility index (Phi) is 4.64. The quantitative estimate of drug-likeness (QED) is 0.667. The van der Waals surface area contributed by atoms with Crippen molar-refractivity contribution < 1.29 is 9.59 Å². The van der Waals surface area contributed by atoms with Crippen LogP contribution in [0.15, 0.2) is 0 Å². The van der Waals surface area contributed by atoms with Crippen LogP contribution >= 0.6 is 0 Å². The number of hydrogen-bond donors (Lipinski definition) is 1. The van der Waals surface area contributed by atoms with Crippen LogP contribution in [0.1, 0.15) is 27.7 Å². The molecule has 0 rings (SSSR count). The van der Waals surface area contributed by atoms with Gasteiger partial charge in [0.15, 0.2) is 6.07 Å². The van der Waals surface area contributed by atoms with Gasteiger partial charge in [-0.3, -0.25) is 4.79 Å². The second-order valence-corrected chi connectivity index (χ2v) is 3.48. The predicted octanol–water partition coefficient (Wildman–Crippen LogP) is 0.865. The highest BCUT2D eigenvalue weighted by molar-refractivity contribution is 6.02. The van der Waals surface area contributed by atoms with E-state index >= 15 is 0 Å². The van der Waals surface area contributed by atoms with E-state index in [9.17, 15) is 9.59 Å². The third kappa shape index (κ3) is 3.44. The van der Waals surface area contributed by atoms with Gasteiger partial charge >= 0.3 is 11.9 Å². The van der Waals surface area contributed by atoms with Gasteiger partial charge in [0.25, 0.3) is 0 Å². The van der Waals surface area contributed by atoms with Crippen LogP contribution in [0.25, 0.3) is 0 Å². The third-order valence-electron chi connectivity index (χ3n) is 1.46. The van der Waals surface area contributed by atoms with Gasteiger partial charge < -0.3 is 5.32 Å². The molecule has 0 aromatic heterocycles. The van der Waals surface area contributed by atoms with E-state index in [0.29, 0.717) is 0 Å². The Balaban J connectivity index is 4.60. The van der Waals surface area contributed by atoms with E-state index in [0.717, 1.165) is 4.90 Å². The van der Waals surface area contributed by atoms with E-state index in [1.165, 1.54) is 6.07 Å². The molecule has 0 fully saturated rings. The monoisotopic (exact) mass is 197 g/mol. The topological polar surface area (TPSA) is 73.2 Å². The molecule has 0 unspecified atom stereocenters. The van der Waals surface area contributed by atoms with Crippen LogP contribution in [-0.4, -0.2) is 28.9 Å². The largest absolute Gasteiger partial charge is 0.335 e. The highest BCUT2D eigenvalue weighted by atomic mass is 16.2. The van der Waals surface area contributed by atoms with E-state index in [-0.39, 0.29) is 12.1 Å². The lowest BCUT2D eigenvalue weighted by Gasteiger charge is -2.23. The van der Waals surface area contributed by atoms with Gasteiger partial charge in [0, 0.05) is 12.1 Å². The van der Waals surface area contributed by atoms with Crippen molar-refractivity contribution in [1.29, 1.82) is 5.26 Å². The van der Waals surface area contributed by atoms with Gasteiger partial charge in [-0.05, 0) is 27.7 Å². The number of rotatable bonds is 2. The summed E-state index contributed by atoms with van der Waals surface area (Å²) in [6, 6.07) is 0.522. The van der Waals surface area contributed by atoms with Crippen LogP contribution in [0.3, 0.4) is 0 Å². The Hall–Kier alpha value is -1.57. The molecule has 0 spiro atoms. The second kappa shape index (κ2) is 5.22. The van der Waals surface area contributed by atoms with Crippen LogP contribution in [0.5, 0.6) is 0 Å². The van der Waals surface area contributed by atoms with Gasteiger partial charge in [-0.2, -0.15) is 5.26 Å². The van der Waals surface area contributed by atoms with Crippen molar-refractivity contribution in [2.75, 3.05) is 0 Å². The normalized spacial score (nSPS) is 9.79. The lowest BCUT2D eigenvalue weighted by atomic mass is 10.3. The molecule has 0 radical (unpaired) electrons. The Morgan fingerprint density at radius 1 is 1.29 bits per heavy atom. The number of nitrogens with zero attached hydrogens (tertiary/aromatic N) is 2. The van der Waals surface area contributed by atoms with Crippen molar-refractivity contribution in [3.8, 4) is 6.07 Å². The molecule has 0 aliphatic rings. The van der Waals surface area contributed by atoms with Gasteiger partial charge in [0.05, 0.1) is 0 Å². The average molecular weight is 197 g/mol. The minimum Gasteiger partial charge on any atom is -0.335 e. The SMILES string of the molecule is CC(C)NC(=O)N(C(=O)C#N)C(C)C. The number of nitriles is 1. The van der Waals surface area contributed by atoms with Gasteiger partial charge in [0.2, 0.25) is 0 Å². The first-order valence-corrected chi connectivity index (χ1v) is 4.44. The molecule has 0 heterocycles. The number of imide groups is 1. The summed E-state index contributed by atoms with van der Waals surface area (Å²) in [5, 5.41) is 11.0. The Morgan fingerprint density at radius 3 is 2.07 bits per heavy atom. The first kappa shape index (κ1) is 12.4. The van der Waals surface area contributed by atoms with Gasteiger partial charge in [-0.25, -0.2) is 9.69 Å². The fourth-order valence-electron chi connectivity index (χ4n) is 0.932. The molecule has 0 saturated carbocycles. The Morgan fingerprint density at radius 2 is 1.79 bits per heavy atom. The molecule has 0 bridgehead atoms. The molecule has 0 aliphatic carbocycles. The number of nitrogens with one attached hydrogen (secondary N) is 1. The third-order valence-corrected chi connectivity index (χ3v) is 1.46. The van der Waals surface area contributed by atoms with Crippen LogP contribution in [0.4, 0.5) is 4.79 Å². The average Bonchev–Trinajstić information content (AvgIpc) is 2.01. The van der Waals surface area contributed by atoms with E-state index in [2.05, 4.69) is 5.32 Å². The maximum atomic E-state index is 11.4. The van der Waals surface area contributed by atoms with Crippen LogP contribution < -0.4 is 5.32 Å². The lowest BCUT2D eigenvalue weighted by molar-refractivity contribution is -0.123. The molecule has 0 aromatic carbocycles. The number of amides is 3. The van der Waals surface area contributed by atoms with Crippen LogP contribution in [0.2, 0.25) is 0 Å². The zero-order chi connectivity index (χ0) is 11.3. The standard InChI is InChI=1S/C9H15N3O2/c1-6(2)11-9(14)12(7(3)4)8(13)5-10/h6-7H,1-4H3,(H,11,14). The van der Waals surface area contributed by atoms with Crippen molar-refractivity contribution in [3.05, 3.63) is 0 Å². The van der Waals surface area contributed by atoms with Gasteiger partial charge in [-0.1, -0.05) is 0 Å². The molecule has 0 aliphatic heterocycles. The summed E-state index contributed by atoms with van der Waals surface area (Å²) >= 11 is 0. The molecule has 5 nitrogen and oxygen atoms in total.